The highest BCUT2D eigenvalue weighted by Gasteiger charge is 2.29. The Labute approximate surface area is 165 Å². The fraction of sp³-hybridized carbons (Fsp3) is 0.857. The van der Waals surface area contributed by atoms with Crippen molar-refractivity contribution in [2.45, 2.75) is 98.6 Å². The summed E-state index contributed by atoms with van der Waals surface area (Å²) in [6.07, 6.45) is 4.72. The largest absolute Gasteiger partial charge is 0.356 e. The number of ketones is 2. The van der Waals surface area contributed by atoms with Gasteiger partial charge in [-0.3, -0.25) is 14.4 Å². The van der Waals surface area contributed by atoms with Gasteiger partial charge in [0.2, 0.25) is 5.91 Å². The predicted octanol–water partition coefficient (Wildman–Crippen LogP) is 2.72. The number of hydrogen-bond donors (Lipinski definition) is 3. The zero-order chi connectivity index (χ0) is 21.3. The Hall–Kier alpha value is -1.27. The van der Waals surface area contributed by atoms with Crippen LogP contribution in [0.4, 0.5) is 0 Å². The molecule has 0 aliphatic heterocycles. The smallest absolute Gasteiger partial charge is 0.220 e. The average Bonchev–Trinajstić information content (AvgIpc) is 2.59. The molecule has 0 saturated carbocycles. The average molecular weight is 384 g/mol. The van der Waals surface area contributed by atoms with Gasteiger partial charge in [0.15, 0.2) is 11.6 Å². The molecule has 0 rings (SSSR count). The number of unbranched alkanes of at least 4 members (excludes halogenated alkanes) is 2. The van der Waals surface area contributed by atoms with Crippen molar-refractivity contribution in [3.63, 3.8) is 0 Å². The van der Waals surface area contributed by atoms with Crippen LogP contribution in [0.5, 0.6) is 0 Å². The lowest BCUT2D eigenvalue weighted by Gasteiger charge is -2.24. The number of Topliss-reactive ketones (excluding diaryl/α,β-unsaturated/α-hetero) is 2. The second-order valence-corrected chi connectivity index (χ2v) is 9.17. The summed E-state index contributed by atoms with van der Waals surface area (Å²) in [5.74, 6) is 0.0237. The molecule has 0 aliphatic rings. The van der Waals surface area contributed by atoms with E-state index in [-0.39, 0.29) is 29.3 Å². The van der Waals surface area contributed by atoms with Gasteiger partial charge in [0, 0.05) is 23.8 Å². The molecule has 6 nitrogen and oxygen atoms in total. The molecule has 0 aromatic heterocycles. The number of nitrogens with two attached hydrogens (primary N) is 2. The fourth-order valence-electron chi connectivity index (χ4n) is 2.76. The molecule has 0 fully saturated rings. The highest BCUT2D eigenvalue weighted by atomic mass is 16.2. The van der Waals surface area contributed by atoms with E-state index in [9.17, 15) is 14.4 Å². The Morgan fingerprint density at radius 3 is 1.93 bits per heavy atom. The van der Waals surface area contributed by atoms with Crippen LogP contribution in [0.3, 0.4) is 0 Å². The van der Waals surface area contributed by atoms with Crippen LogP contribution < -0.4 is 16.8 Å². The molecule has 1 amide bonds. The van der Waals surface area contributed by atoms with Gasteiger partial charge in [-0.15, -0.1) is 0 Å². The first-order chi connectivity index (χ1) is 12.3. The molecule has 2 unspecified atom stereocenters. The summed E-state index contributed by atoms with van der Waals surface area (Å²) >= 11 is 0. The van der Waals surface area contributed by atoms with Crippen molar-refractivity contribution in [3.05, 3.63) is 0 Å². The molecule has 6 heteroatoms. The third-order valence-corrected chi connectivity index (χ3v) is 5.16. The molecule has 0 aromatic carbocycles. The van der Waals surface area contributed by atoms with E-state index in [1.807, 2.05) is 41.5 Å². The number of carbonyl (C=O) groups excluding carboxylic acids is 3. The zero-order valence-corrected chi connectivity index (χ0v) is 18.2. The fourth-order valence-corrected chi connectivity index (χ4v) is 2.76. The number of rotatable bonds is 13. The summed E-state index contributed by atoms with van der Waals surface area (Å²) in [7, 11) is 0. The van der Waals surface area contributed by atoms with Gasteiger partial charge >= 0.3 is 0 Å². The number of carbonyl (C=O) groups is 3. The molecule has 158 valence electrons. The van der Waals surface area contributed by atoms with E-state index in [1.54, 1.807) is 0 Å². The standard InChI is InChI=1S/C21H41N3O3/c1-7-21(5,6)19(27)15(22)11-9-8-10-14-24-17(25)13-12-16(23)18(26)20(2,3)4/h15-16H,7-14,22-23H2,1-6H3,(H,24,25). The predicted molar refractivity (Wildman–Crippen MR) is 110 cm³/mol. The molecular weight excluding hydrogens is 342 g/mol. The van der Waals surface area contributed by atoms with Crippen molar-refractivity contribution < 1.29 is 14.4 Å². The molecule has 27 heavy (non-hydrogen) atoms. The van der Waals surface area contributed by atoms with Crippen molar-refractivity contribution in [1.29, 1.82) is 0 Å². The van der Waals surface area contributed by atoms with Gasteiger partial charge in [-0.25, -0.2) is 0 Å². The number of hydrogen-bond acceptors (Lipinski definition) is 5. The zero-order valence-electron chi connectivity index (χ0n) is 18.2. The van der Waals surface area contributed by atoms with Crippen LogP contribution in [-0.4, -0.2) is 36.1 Å². The summed E-state index contributed by atoms with van der Waals surface area (Å²) in [5, 5.41) is 2.86. The molecule has 0 heterocycles. The molecule has 0 spiro atoms. The van der Waals surface area contributed by atoms with Gasteiger partial charge in [-0.05, 0) is 25.7 Å². The third kappa shape index (κ3) is 10.0. The number of amides is 1. The molecule has 0 aliphatic carbocycles. The van der Waals surface area contributed by atoms with Crippen molar-refractivity contribution in [2.24, 2.45) is 22.3 Å². The maximum atomic E-state index is 12.2. The van der Waals surface area contributed by atoms with Crippen molar-refractivity contribution in [2.75, 3.05) is 6.54 Å². The molecule has 2 atom stereocenters. The lowest BCUT2D eigenvalue weighted by atomic mass is 9.81. The monoisotopic (exact) mass is 383 g/mol. The highest BCUT2D eigenvalue weighted by Crippen LogP contribution is 2.23. The van der Waals surface area contributed by atoms with E-state index >= 15 is 0 Å². The van der Waals surface area contributed by atoms with Crippen molar-refractivity contribution in [1.82, 2.24) is 5.32 Å². The van der Waals surface area contributed by atoms with Crippen LogP contribution in [0, 0.1) is 10.8 Å². The summed E-state index contributed by atoms with van der Waals surface area (Å²) in [5.41, 5.74) is 11.0. The summed E-state index contributed by atoms with van der Waals surface area (Å²) in [6.45, 7) is 12.0. The van der Waals surface area contributed by atoms with E-state index in [2.05, 4.69) is 5.32 Å². The molecular formula is C21H41N3O3. The Kier molecular flexibility index (Phi) is 11.0. The molecule has 0 bridgehead atoms. The molecule has 5 N–H and O–H groups in total. The van der Waals surface area contributed by atoms with Gasteiger partial charge in [0.05, 0.1) is 12.1 Å². The van der Waals surface area contributed by atoms with Crippen LogP contribution in [0.1, 0.15) is 86.5 Å². The maximum absolute atomic E-state index is 12.2. The first-order valence-electron chi connectivity index (χ1n) is 10.2. The van der Waals surface area contributed by atoms with Gasteiger partial charge in [-0.1, -0.05) is 54.4 Å². The topological polar surface area (TPSA) is 115 Å². The number of nitrogens with one attached hydrogen (secondary N) is 1. The normalized spacial score (nSPS) is 14.5. The minimum atomic E-state index is -0.595. The lowest BCUT2D eigenvalue weighted by molar-refractivity contribution is -0.129. The van der Waals surface area contributed by atoms with E-state index < -0.39 is 17.5 Å². The quantitative estimate of drug-likeness (QED) is 0.423. The minimum absolute atomic E-state index is 0.0209. The minimum Gasteiger partial charge on any atom is -0.356 e. The van der Waals surface area contributed by atoms with E-state index in [0.29, 0.717) is 19.4 Å². The van der Waals surface area contributed by atoms with Crippen LogP contribution in [0.2, 0.25) is 0 Å². The molecule has 0 saturated heterocycles. The highest BCUT2D eigenvalue weighted by molar-refractivity contribution is 5.89. The first kappa shape index (κ1) is 25.7. The summed E-state index contributed by atoms with van der Waals surface area (Å²) < 4.78 is 0. The Morgan fingerprint density at radius 1 is 0.852 bits per heavy atom. The van der Waals surface area contributed by atoms with Gasteiger partial charge in [0.1, 0.15) is 0 Å². The Balaban J connectivity index is 3.89. The second kappa shape index (κ2) is 11.5. The molecule has 0 aromatic rings. The van der Waals surface area contributed by atoms with Crippen LogP contribution in [0.25, 0.3) is 0 Å². The van der Waals surface area contributed by atoms with E-state index in [1.165, 1.54) is 0 Å². The second-order valence-electron chi connectivity index (χ2n) is 9.17. The first-order valence-corrected chi connectivity index (χ1v) is 10.2. The third-order valence-electron chi connectivity index (χ3n) is 5.16. The molecule has 0 radical (unpaired) electrons. The van der Waals surface area contributed by atoms with Gasteiger partial charge < -0.3 is 16.8 Å². The van der Waals surface area contributed by atoms with Crippen molar-refractivity contribution in [3.8, 4) is 0 Å². The van der Waals surface area contributed by atoms with Crippen LogP contribution >= 0.6 is 0 Å². The SMILES string of the molecule is CCC(C)(C)C(=O)C(N)CCCCCNC(=O)CCC(N)C(=O)C(C)(C)C. The summed E-state index contributed by atoms with van der Waals surface area (Å²) in [6, 6.07) is -1.00. The van der Waals surface area contributed by atoms with Gasteiger partial charge in [-0.2, -0.15) is 0 Å². The van der Waals surface area contributed by atoms with Gasteiger partial charge in [0.25, 0.3) is 0 Å². The summed E-state index contributed by atoms with van der Waals surface area (Å²) in [4.78, 5) is 36.1. The van der Waals surface area contributed by atoms with Crippen molar-refractivity contribution >= 4 is 17.5 Å². The van der Waals surface area contributed by atoms with E-state index in [0.717, 1.165) is 25.7 Å². The van der Waals surface area contributed by atoms with Crippen LogP contribution in [0.15, 0.2) is 0 Å². The van der Waals surface area contributed by atoms with E-state index in [4.69, 9.17) is 11.5 Å². The Morgan fingerprint density at radius 2 is 1.41 bits per heavy atom. The lowest BCUT2D eigenvalue weighted by Crippen LogP contribution is -2.40. The maximum Gasteiger partial charge on any atom is 0.220 e. The Bertz CT molecular complexity index is 495. The van der Waals surface area contributed by atoms with Crippen LogP contribution in [-0.2, 0) is 14.4 Å².